The van der Waals surface area contributed by atoms with Gasteiger partial charge >= 0.3 is 5.69 Å². The van der Waals surface area contributed by atoms with Gasteiger partial charge in [-0.1, -0.05) is 30.3 Å². The molecule has 2 rings (SSSR count). The highest BCUT2D eigenvalue weighted by molar-refractivity contribution is 5.57. The van der Waals surface area contributed by atoms with Crippen molar-refractivity contribution in [2.45, 2.75) is 19.4 Å². The minimum absolute atomic E-state index is 0.0355. The number of benzene rings is 1. The van der Waals surface area contributed by atoms with E-state index in [2.05, 4.69) is 20.7 Å². The molecule has 0 radical (unpaired) electrons. The third kappa shape index (κ3) is 3.86. The molecule has 0 amide bonds. The van der Waals surface area contributed by atoms with Crippen LogP contribution in [0.25, 0.3) is 0 Å². The Morgan fingerprint density at radius 3 is 2.71 bits per heavy atom. The third-order valence-corrected chi connectivity index (χ3v) is 2.86. The molecular weight excluding hydrogens is 272 g/mol. The summed E-state index contributed by atoms with van der Waals surface area (Å²) in [6.07, 6.45) is 1.84. The number of nitrogens with zero attached hydrogens (tertiary/aromatic N) is 3. The van der Waals surface area contributed by atoms with Crippen LogP contribution in [-0.4, -0.2) is 20.9 Å². The number of rotatable bonds is 6. The first-order valence-corrected chi connectivity index (χ1v) is 6.38. The van der Waals surface area contributed by atoms with E-state index < -0.39 is 4.92 Å². The second kappa shape index (κ2) is 6.62. The van der Waals surface area contributed by atoms with Crippen LogP contribution in [0.2, 0.25) is 0 Å². The van der Waals surface area contributed by atoms with Crippen molar-refractivity contribution in [2.24, 2.45) is 5.84 Å². The van der Waals surface area contributed by atoms with Gasteiger partial charge in [0, 0.05) is 6.04 Å². The lowest BCUT2D eigenvalue weighted by Gasteiger charge is -2.14. The second-order valence-corrected chi connectivity index (χ2v) is 4.56. The van der Waals surface area contributed by atoms with Gasteiger partial charge in [-0.05, 0) is 18.9 Å². The number of hydrogen-bond acceptors (Lipinski definition) is 7. The summed E-state index contributed by atoms with van der Waals surface area (Å²) in [7, 11) is 0. The Kier molecular flexibility index (Phi) is 4.62. The number of nitro groups is 1. The van der Waals surface area contributed by atoms with Crippen molar-refractivity contribution in [1.29, 1.82) is 0 Å². The molecule has 0 saturated carbocycles. The number of hydrogen-bond donors (Lipinski definition) is 3. The Morgan fingerprint density at radius 2 is 2.10 bits per heavy atom. The minimum atomic E-state index is -0.530. The molecule has 0 saturated heterocycles. The first-order valence-electron chi connectivity index (χ1n) is 6.38. The fraction of sp³-hybridized carbons (Fsp3) is 0.231. The summed E-state index contributed by atoms with van der Waals surface area (Å²) < 4.78 is 0. The van der Waals surface area contributed by atoms with E-state index in [1.54, 1.807) is 0 Å². The van der Waals surface area contributed by atoms with Crippen molar-refractivity contribution in [1.82, 2.24) is 9.97 Å². The van der Waals surface area contributed by atoms with Gasteiger partial charge in [-0.3, -0.25) is 15.5 Å². The molecule has 1 heterocycles. The summed E-state index contributed by atoms with van der Waals surface area (Å²) in [5.74, 6) is 5.49. The van der Waals surface area contributed by atoms with Crippen molar-refractivity contribution < 1.29 is 4.92 Å². The molecule has 0 fully saturated rings. The van der Waals surface area contributed by atoms with Crippen LogP contribution in [0, 0.1) is 10.1 Å². The molecule has 21 heavy (non-hydrogen) atoms. The van der Waals surface area contributed by atoms with E-state index in [9.17, 15) is 10.1 Å². The van der Waals surface area contributed by atoms with Crippen molar-refractivity contribution in [3.05, 3.63) is 52.2 Å². The summed E-state index contributed by atoms with van der Waals surface area (Å²) in [6, 6.07) is 9.80. The molecule has 4 N–H and O–H groups in total. The molecule has 0 aliphatic carbocycles. The molecule has 0 aliphatic rings. The summed E-state index contributed by atoms with van der Waals surface area (Å²) >= 11 is 0. The fourth-order valence-corrected chi connectivity index (χ4v) is 1.94. The lowest BCUT2D eigenvalue weighted by Crippen LogP contribution is -2.21. The molecule has 0 bridgehead atoms. The summed E-state index contributed by atoms with van der Waals surface area (Å²) in [6.45, 7) is 1.92. The Hall–Kier alpha value is -2.74. The van der Waals surface area contributed by atoms with Gasteiger partial charge in [-0.25, -0.2) is 10.8 Å². The molecule has 1 aromatic heterocycles. The van der Waals surface area contributed by atoms with Crippen LogP contribution in [0.15, 0.2) is 36.5 Å². The highest BCUT2D eigenvalue weighted by Gasteiger charge is 2.18. The first kappa shape index (κ1) is 14.7. The lowest BCUT2D eigenvalue weighted by molar-refractivity contribution is -0.384. The average molecular weight is 288 g/mol. The van der Waals surface area contributed by atoms with E-state index >= 15 is 0 Å². The van der Waals surface area contributed by atoms with Gasteiger partial charge < -0.3 is 5.32 Å². The molecule has 8 heteroatoms. The van der Waals surface area contributed by atoms with Crippen LogP contribution < -0.4 is 16.6 Å². The van der Waals surface area contributed by atoms with Crippen molar-refractivity contribution >= 4 is 17.5 Å². The standard InChI is InChI=1S/C13H16N6O2/c1-9(7-10-5-3-2-4-6-10)16-12-11(19(20)21)8-15-13(17-12)18-14/h2-6,8-9H,7,14H2,1H3,(H2,15,16,17,18). The molecule has 110 valence electrons. The quantitative estimate of drug-likeness (QED) is 0.420. The topological polar surface area (TPSA) is 119 Å². The van der Waals surface area contributed by atoms with Gasteiger partial charge in [-0.15, -0.1) is 0 Å². The molecule has 1 atom stereocenters. The number of aromatic nitrogens is 2. The van der Waals surface area contributed by atoms with Crippen molar-refractivity contribution in [3.8, 4) is 0 Å². The summed E-state index contributed by atoms with van der Waals surface area (Å²) in [5.41, 5.74) is 3.22. The van der Waals surface area contributed by atoms with Crippen LogP contribution in [0.3, 0.4) is 0 Å². The zero-order chi connectivity index (χ0) is 15.2. The SMILES string of the molecule is CC(Cc1ccccc1)Nc1nc(NN)ncc1[N+](=O)[O-]. The van der Waals surface area contributed by atoms with E-state index in [1.807, 2.05) is 37.3 Å². The molecule has 0 aliphatic heterocycles. The average Bonchev–Trinajstić information content (AvgIpc) is 2.47. The Morgan fingerprint density at radius 1 is 1.38 bits per heavy atom. The Balaban J connectivity index is 2.15. The maximum Gasteiger partial charge on any atom is 0.329 e. The highest BCUT2D eigenvalue weighted by Crippen LogP contribution is 2.23. The Labute approximate surface area is 121 Å². The van der Waals surface area contributed by atoms with Gasteiger partial charge in [0.2, 0.25) is 11.8 Å². The van der Waals surface area contributed by atoms with Crippen LogP contribution in [0.4, 0.5) is 17.5 Å². The molecule has 8 nitrogen and oxygen atoms in total. The molecule has 1 unspecified atom stereocenters. The van der Waals surface area contributed by atoms with Crippen LogP contribution in [-0.2, 0) is 6.42 Å². The van der Waals surface area contributed by atoms with Gasteiger partial charge in [0.1, 0.15) is 6.20 Å². The summed E-state index contributed by atoms with van der Waals surface area (Å²) in [4.78, 5) is 18.2. The molecule has 2 aromatic rings. The maximum atomic E-state index is 11.0. The monoisotopic (exact) mass is 288 g/mol. The predicted molar refractivity (Wildman–Crippen MR) is 79.7 cm³/mol. The van der Waals surface area contributed by atoms with E-state index in [0.29, 0.717) is 6.42 Å². The zero-order valence-corrected chi connectivity index (χ0v) is 11.5. The molecule has 1 aromatic carbocycles. The fourth-order valence-electron chi connectivity index (χ4n) is 1.94. The number of hydrazine groups is 1. The third-order valence-electron chi connectivity index (χ3n) is 2.86. The second-order valence-electron chi connectivity index (χ2n) is 4.56. The van der Waals surface area contributed by atoms with Crippen LogP contribution in [0.5, 0.6) is 0 Å². The highest BCUT2D eigenvalue weighted by atomic mass is 16.6. The number of nitrogens with one attached hydrogen (secondary N) is 2. The zero-order valence-electron chi connectivity index (χ0n) is 11.5. The normalized spacial score (nSPS) is 11.7. The minimum Gasteiger partial charge on any atom is -0.361 e. The van der Waals surface area contributed by atoms with E-state index in [0.717, 1.165) is 11.8 Å². The van der Waals surface area contributed by atoms with Gasteiger partial charge in [-0.2, -0.15) is 4.98 Å². The lowest BCUT2D eigenvalue weighted by atomic mass is 10.1. The molecule has 0 spiro atoms. The van der Waals surface area contributed by atoms with Crippen molar-refractivity contribution in [3.63, 3.8) is 0 Å². The van der Waals surface area contributed by atoms with Crippen LogP contribution in [0.1, 0.15) is 12.5 Å². The maximum absolute atomic E-state index is 11.0. The number of anilines is 2. The van der Waals surface area contributed by atoms with E-state index in [1.165, 1.54) is 0 Å². The number of nitrogen functional groups attached to an aromatic ring is 1. The smallest absolute Gasteiger partial charge is 0.329 e. The number of nitrogens with two attached hydrogens (primary N) is 1. The Bertz CT molecular complexity index is 619. The predicted octanol–water partition coefficient (Wildman–Crippen LogP) is 1.71. The summed E-state index contributed by atoms with van der Waals surface area (Å²) in [5, 5.41) is 14.0. The van der Waals surface area contributed by atoms with Crippen molar-refractivity contribution in [2.75, 3.05) is 10.7 Å². The van der Waals surface area contributed by atoms with Gasteiger partial charge in [0.15, 0.2) is 0 Å². The van der Waals surface area contributed by atoms with Gasteiger partial charge in [0.25, 0.3) is 0 Å². The van der Waals surface area contributed by atoms with Crippen LogP contribution >= 0.6 is 0 Å². The van der Waals surface area contributed by atoms with E-state index in [-0.39, 0.29) is 23.5 Å². The first-order chi connectivity index (χ1) is 10.1. The van der Waals surface area contributed by atoms with Gasteiger partial charge in [0.05, 0.1) is 4.92 Å². The largest absolute Gasteiger partial charge is 0.361 e. The molecular formula is C13H16N6O2. The van der Waals surface area contributed by atoms with E-state index in [4.69, 9.17) is 5.84 Å².